The molecule has 1 saturated heterocycles. The Labute approximate surface area is 122 Å². The van der Waals surface area contributed by atoms with Crippen molar-refractivity contribution < 1.29 is 4.74 Å². The van der Waals surface area contributed by atoms with Gasteiger partial charge in [0.1, 0.15) is 12.4 Å². The molecule has 2 aliphatic rings. The Morgan fingerprint density at radius 3 is 2.90 bits per heavy atom. The lowest BCUT2D eigenvalue weighted by Gasteiger charge is -2.26. The minimum atomic E-state index is 0.510. The number of benzene rings is 1. The third-order valence-corrected chi connectivity index (χ3v) is 4.69. The summed E-state index contributed by atoms with van der Waals surface area (Å²) in [6.07, 6.45) is 6.43. The second-order valence-corrected chi connectivity index (χ2v) is 5.95. The molecule has 1 aliphatic carbocycles. The monoisotopic (exact) mass is 274 g/mol. The van der Waals surface area contributed by atoms with Gasteiger partial charge >= 0.3 is 0 Å². The fourth-order valence-corrected chi connectivity index (χ4v) is 3.52. The molecule has 1 atom stereocenters. The summed E-state index contributed by atoms with van der Waals surface area (Å²) in [7, 11) is 2.05. The summed E-state index contributed by atoms with van der Waals surface area (Å²) in [5, 5.41) is 3.39. The molecule has 1 aromatic carbocycles. The molecule has 1 aromatic rings. The Kier molecular flexibility index (Phi) is 4.58. The van der Waals surface area contributed by atoms with Crippen molar-refractivity contribution in [3.05, 3.63) is 29.3 Å². The van der Waals surface area contributed by atoms with Crippen molar-refractivity contribution in [3.8, 4) is 5.75 Å². The van der Waals surface area contributed by atoms with Crippen LogP contribution in [-0.4, -0.2) is 38.2 Å². The lowest BCUT2D eigenvalue weighted by Crippen LogP contribution is -2.33. The van der Waals surface area contributed by atoms with Crippen LogP contribution in [0.4, 0.5) is 0 Å². The summed E-state index contributed by atoms with van der Waals surface area (Å²) in [6.45, 7) is 4.38. The van der Waals surface area contributed by atoms with Gasteiger partial charge in [-0.2, -0.15) is 0 Å². The van der Waals surface area contributed by atoms with Crippen molar-refractivity contribution in [3.63, 3.8) is 0 Å². The molecule has 0 aromatic heterocycles. The molecule has 3 nitrogen and oxygen atoms in total. The number of fused-ring (bicyclic) bond motifs is 1. The topological polar surface area (TPSA) is 24.5 Å². The highest BCUT2D eigenvalue weighted by Crippen LogP contribution is 2.36. The number of hydrogen-bond donors (Lipinski definition) is 1. The van der Waals surface area contributed by atoms with Crippen LogP contribution in [0, 0.1) is 0 Å². The van der Waals surface area contributed by atoms with Gasteiger partial charge in [0.15, 0.2) is 0 Å². The Morgan fingerprint density at radius 2 is 2.10 bits per heavy atom. The van der Waals surface area contributed by atoms with E-state index >= 15 is 0 Å². The first kappa shape index (κ1) is 13.9. The highest BCUT2D eigenvalue weighted by atomic mass is 16.5. The molecule has 3 rings (SSSR count). The number of piperidine rings is 1. The first-order valence-corrected chi connectivity index (χ1v) is 8.02. The van der Waals surface area contributed by atoms with Gasteiger partial charge in [-0.3, -0.25) is 4.90 Å². The molecule has 110 valence electrons. The molecule has 0 saturated carbocycles. The van der Waals surface area contributed by atoms with Gasteiger partial charge in [-0.25, -0.2) is 0 Å². The Balaban J connectivity index is 1.57. The van der Waals surface area contributed by atoms with E-state index in [1.54, 1.807) is 0 Å². The van der Waals surface area contributed by atoms with E-state index in [1.807, 2.05) is 7.05 Å². The van der Waals surface area contributed by atoms with Gasteiger partial charge in [-0.1, -0.05) is 18.6 Å². The van der Waals surface area contributed by atoms with Crippen LogP contribution in [-0.2, 0) is 6.42 Å². The number of hydrogen-bond acceptors (Lipinski definition) is 3. The van der Waals surface area contributed by atoms with Gasteiger partial charge in [0, 0.05) is 12.6 Å². The lowest BCUT2D eigenvalue weighted by molar-refractivity contribution is 0.183. The molecular formula is C17H26N2O. The highest BCUT2D eigenvalue weighted by Gasteiger charge is 2.23. The SMILES string of the molecule is CNC1CCc2c(OCCN3CCCCC3)cccc21. The van der Waals surface area contributed by atoms with Crippen molar-refractivity contribution in [1.29, 1.82) is 0 Å². The predicted molar refractivity (Wildman–Crippen MR) is 82.3 cm³/mol. The molecule has 0 spiro atoms. The Bertz CT molecular complexity index is 441. The summed E-state index contributed by atoms with van der Waals surface area (Å²) >= 11 is 0. The quantitative estimate of drug-likeness (QED) is 0.893. The summed E-state index contributed by atoms with van der Waals surface area (Å²) < 4.78 is 6.07. The van der Waals surface area contributed by atoms with Crippen LogP contribution in [0.25, 0.3) is 0 Å². The molecule has 3 heteroatoms. The fourth-order valence-electron chi connectivity index (χ4n) is 3.52. The van der Waals surface area contributed by atoms with Gasteiger partial charge in [0.05, 0.1) is 0 Å². The molecule has 1 heterocycles. The smallest absolute Gasteiger partial charge is 0.122 e. The van der Waals surface area contributed by atoms with E-state index in [1.165, 1.54) is 49.9 Å². The van der Waals surface area contributed by atoms with Gasteiger partial charge in [-0.05, 0) is 63.0 Å². The predicted octanol–water partition coefficient (Wildman–Crippen LogP) is 2.76. The maximum atomic E-state index is 6.07. The summed E-state index contributed by atoms with van der Waals surface area (Å²) in [5.41, 5.74) is 2.86. The van der Waals surface area contributed by atoms with E-state index < -0.39 is 0 Å². The molecule has 1 N–H and O–H groups in total. The number of ether oxygens (including phenoxy) is 1. The average molecular weight is 274 g/mol. The maximum Gasteiger partial charge on any atom is 0.122 e. The number of rotatable bonds is 5. The van der Waals surface area contributed by atoms with E-state index in [0.29, 0.717) is 6.04 Å². The van der Waals surface area contributed by atoms with Crippen LogP contribution in [0.15, 0.2) is 18.2 Å². The molecule has 1 fully saturated rings. The molecule has 0 radical (unpaired) electrons. The van der Waals surface area contributed by atoms with Crippen molar-refractivity contribution in [2.75, 3.05) is 33.3 Å². The minimum Gasteiger partial charge on any atom is -0.492 e. The zero-order valence-corrected chi connectivity index (χ0v) is 12.5. The van der Waals surface area contributed by atoms with Crippen LogP contribution in [0.2, 0.25) is 0 Å². The highest BCUT2D eigenvalue weighted by molar-refractivity contribution is 5.45. The van der Waals surface area contributed by atoms with Crippen molar-refractivity contribution in [2.24, 2.45) is 0 Å². The summed E-state index contributed by atoms with van der Waals surface area (Å²) in [5.74, 6) is 1.11. The third kappa shape index (κ3) is 2.99. The van der Waals surface area contributed by atoms with Crippen LogP contribution < -0.4 is 10.1 Å². The van der Waals surface area contributed by atoms with Gasteiger partial charge in [0.2, 0.25) is 0 Å². The number of nitrogens with zero attached hydrogens (tertiary/aromatic N) is 1. The molecule has 1 unspecified atom stereocenters. The number of likely N-dealkylation sites (tertiary alicyclic amines) is 1. The second-order valence-electron chi connectivity index (χ2n) is 5.95. The Hall–Kier alpha value is -1.06. The minimum absolute atomic E-state index is 0.510. The van der Waals surface area contributed by atoms with Gasteiger partial charge in [-0.15, -0.1) is 0 Å². The summed E-state index contributed by atoms with van der Waals surface area (Å²) in [6, 6.07) is 7.01. The van der Waals surface area contributed by atoms with E-state index in [2.05, 4.69) is 28.4 Å². The lowest BCUT2D eigenvalue weighted by atomic mass is 10.1. The second kappa shape index (κ2) is 6.59. The number of nitrogens with one attached hydrogen (secondary N) is 1. The Morgan fingerprint density at radius 1 is 1.25 bits per heavy atom. The fraction of sp³-hybridized carbons (Fsp3) is 0.647. The maximum absolute atomic E-state index is 6.07. The average Bonchev–Trinajstić information content (AvgIpc) is 2.92. The first-order valence-electron chi connectivity index (χ1n) is 8.02. The van der Waals surface area contributed by atoms with E-state index in [9.17, 15) is 0 Å². The van der Waals surface area contributed by atoms with Crippen LogP contribution in [0.3, 0.4) is 0 Å². The first-order chi connectivity index (χ1) is 9.88. The molecule has 20 heavy (non-hydrogen) atoms. The molecule has 1 aliphatic heterocycles. The van der Waals surface area contributed by atoms with Crippen molar-refractivity contribution in [1.82, 2.24) is 10.2 Å². The van der Waals surface area contributed by atoms with Crippen LogP contribution in [0.1, 0.15) is 42.9 Å². The summed E-state index contributed by atoms with van der Waals surface area (Å²) in [4.78, 5) is 2.53. The van der Waals surface area contributed by atoms with Crippen LogP contribution >= 0.6 is 0 Å². The zero-order valence-electron chi connectivity index (χ0n) is 12.5. The molecular weight excluding hydrogens is 248 g/mol. The van der Waals surface area contributed by atoms with Crippen molar-refractivity contribution in [2.45, 2.75) is 38.1 Å². The largest absolute Gasteiger partial charge is 0.492 e. The molecule has 0 amide bonds. The van der Waals surface area contributed by atoms with E-state index in [4.69, 9.17) is 4.74 Å². The zero-order chi connectivity index (χ0) is 13.8. The normalized spacial score (nSPS) is 22.8. The van der Waals surface area contributed by atoms with Gasteiger partial charge in [0.25, 0.3) is 0 Å². The van der Waals surface area contributed by atoms with E-state index in [-0.39, 0.29) is 0 Å². The van der Waals surface area contributed by atoms with E-state index in [0.717, 1.165) is 25.3 Å². The standard InChI is InChI=1S/C17H26N2O/c1-18-16-9-8-15-14(16)6-5-7-17(15)20-13-12-19-10-3-2-4-11-19/h5-7,16,18H,2-4,8-13H2,1H3. The van der Waals surface area contributed by atoms with Crippen molar-refractivity contribution >= 4 is 0 Å². The molecule has 0 bridgehead atoms. The third-order valence-electron chi connectivity index (χ3n) is 4.69. The van der Waals surface area contributed by atoms with Crippen LogP contribution in [0.5, 0.6) is 5.75 Å². The van der Waals surface area contributed by atoms with Gasteiger partial charge < -0.3 is 10.1 Å².